The Balaban J connectivity index is 1.40. The van der Waals surface area contributed by atoms with Crippen LogP contribution < -0.4 is 30.2 Å². The highest BCUT2D eigenvalue weighted by Gasteiger charge is 2.45. The fourth-order valence-corrected chi connectivity index (χ4v) is 8.09. The number of likely N-dealkylation sites (N-methyl/N-ethyl adjacent to an activating group) is 3. The lowest BCUT2D eigenvalue weighted by molar-refractivity contribution is -0.277. The largest absolute Gasteiger partial charge is 0.497 e. The minimum Gasteiger partial charge on any atom is -0.497 e. The highest BCUT2D eigenvalue weighted by atomic mass is 16.7. The molecule has 20 heteroatoms. The first-order chi connectivity index (χ1) is 31.3. The van der Waals surface area contributed by atoms with Crippen LogP contribution in [0.3, 0.4) is 0 Å². The third-order valence-corrected chi connectivity index (χ3v) is 12.2. The number of hydrogen-bond acceptors (Lipinski definition) is 14. The van der Waals surface area contributed by atoms with Crippen LogP contribution in [0.1, 0.15) is 37.5 Å². The predicted octanol–water partition coefficient (Wildman–Crippen LogP) is -0.984. The maximum atomic E-state index is 14.9. The normalized spacial score (nSPS) is 29.5. The van der Waals surface area contributed by atoms with E-state index < -0.39 is 109 Å². The van der Waals surface area contributed by atoms with Gasteiger partial charge in [0.2, 0.25) is 41.7 Å². The van der Waals surface area contributed by atoms with Crippen LogP contribution in [0.4, 0.5) is 0 Å². The molecule has 3 aromatic rings. The van der Waals surface area contributed by atoms with Gasteiger partial charge in [-0.15, -0.1) is 0 Å². The molecule has 20 nitrogen and oxygen atoms in total. The van der Waals surface area contributed by atoms with Crippen LogP contribution in [0.25, 0.3) is 0 Å². The molecule has 0 spiro atoms. The fourth-order valence-electron chi connectivity index (χ4n) is 8.09. The van der Waals surface area contributed by atoms with E-state index in [0.29, 0.717) is 22.4 Å². The summed E-state index contributed by atoms with van der Waals surface area (Å²) < 4.78 is 23.2. The van der Waals surface area contributed by atoms with Gasteiger partial charge in [-0.2, -0.15) is 0 Å². The molecule has 2 saturated heterocycles. The first-order valence-corrected chi connectivity index (χ1v) is 21.5. The molecule has 3 aromatic carbocycles. The molecule has 6 bridgehead atoms. The SMILES string of the molecule is COc1ccc(C[C@H]2C(=O)N[C@@H](C)C(=O)N(C)[C@H]3Cc4cccc(c4)Oc4cc(ccc4O[C@H]4O[C@H](CO)[C@@H](O)[C@H](O)[C@H]4O)C[C@H](C(=O)N[C@H](C)C(=O)N[C@@H](C)C(=O)N2C)N(C)C3=O)cc1. The predicted molar refractivity (Wildman–Crippen MR) is 234 cm³/mol. The van der Waals surface area contributed by atoms with Crippen LogP contribution in [0.5, 0.6) is 23.0 Å². The first-order valence-electron chi connectivity index (χ1n) is 21.5. The highest BCUT2D eigenvalue weighted by molar-refractivity contribution is 5.98. The third-order valence-electron chi connectivity index (χ3n) is 12.2. The lowest BCUT2D eigenvalue weighted by atomic mass is 9.99. The van der Waals surface area contributed by atoms with Gasteiger partial charge in [-0.3, -0.25) is 28.8 Å². The van der Waals surface area contributed by atoms with Crippen LogP contribution in [-0.2, 0) is 52.8 Å². The average molecular weight is 919 g/mol. The molecule has 0 aromatic heterocycles. The number of carbonyl (C=O) groups is 6. The Morgan fingerprint density at radius 1 is 0.667 bits per heavy atom. The van der Waals surface area contributed by atoms with Gasteiger partial charge in [0.25, 0.3) is 0 Å². The van der Waals surface area contributed by atoms with Crippen molar-refractivity contribution in [1.29, 1.82) is 0 Å². The second-order valence-electron chi connectivity index (χ2n) is 16.9. The Kier molecular flexibility index (Phi) is 15.5. The number of aliphatic hydroxyl groups excluding tert-OH is 4. The number of benzene rings is 3. The summed E-state index contributed by atoms with van der Waals surface area (Å²) in [6, 6.07) is 10.7. The number of carbonyl (C=O) groups excluding carboxylic acids is 6. The molecule has 6 rings (SSSR count). The van der Waals surface area contributed by atoms with E-state index in [0.717, 1.165) is 0 Å². The van der Waals surface area contributed by atoms with Gasteiger partial charge >= 0.3 is 0 Å². The molecule has 3 aliphatic heterocycles. The molecule has 0 saturated carbocycles. The topological polar surface area (TPSA) is 266 Å². The smallest absolute Gasteiger partial charge is 0.246 e. The van der Waals surface area contributed by atoms with E-state index in [2.05, 4.69) is 16.0 Å². The minimum atomic E-state index is -1.74. The lowest BCUT2D eigenvalue weighted by Gasteiger charge is -2.39. The summed E-state index contributed by atoms with van der Waals surface area (Å²) in [6.45, 7) is 3.62. The maximum absolute atomic E-state index is 14.9. The first kappa shape index (κ1) is 49.1. The Bertz CT molecular complexity index is 2280. The average Bonchev–Trinajstić information content (AvgIpc) is 3.30. The fraction of sp³-hybridized carbons (Fsp3) is 0.478. The molecular formula is C46H58N6O14. The van der Waals surface area contributed by atoms with Crippen molar-refractivity contribution in [3.63, 3.8) is 0 Å². The van der Waals surface area contributed by atoms with Gasteiger partial charge < -0.3 is 70.0 Å². The molecular weight excluding hydrogens is 861 g/mol. The standard InChI is InChI=1S/C46H58N6O14/c1-23-40(57)48-24(2)43(60)50(4)31(18-26-11-14-29(63-7)15-12-26)42(59)49-25(3)44(61)52(6)33-20-27-9-8-10-30(17-27)64-35-21-28(19-32(41(58)47-23)51(5)45(33)62)13-16-34(35)65-46-39(56)38(55)37(54)36(22-53)66-46/h8-17,21,23-25,31-33,36-39,46,53-56H,18-20,22H2,1-7H3,(H,47,58)(H,48,57)(H,49,59)/t23-,24+,25+,31+,32-,33+,36-,37-,38+,39-,46+/m1/s1. The van der Waals surface area contributed by atoms with E-state index in [9.17, 15) is 49.2 Å². The number of hydrogen-bond donors (Lipinski definition) is 7. The van der Waals surface area contributed by atoms with Crippen molar-refractivity contribution in [3.05, 3.63) is 83.4 Å². The van der Waals surface area contributed by atoms with Crippen molar-refractivity contribution in [2.45, 2.75) is 107 Å². The van der Waals surface area contributed by atoms with E-state index in [-0.39, 0.29) is 36.5 Å². The molecule has 0 aliphatic carbocycles. The molecule has 11 atom stereocenters. The van der Waals surface area contributed by atoms with Gasteiger partial charge in [-0.05, 0) is 73.9 Å². The van der Waals surface area contributed by atoms with Crippen LogP contribution in [-0.4, -0.2) is 172 Å². The second-order valence-corrected chi connectivity index (χ2v) is 16.9. The van der Waals surface area contributed by atoms with Crippen molar-refractivity contribution in [3.8, 4) is 23.0 Å². The van der Waals surface area contributed by atoms with Crippen molar-refractivity contribution < 1.29 is 68.1 Å². The van der Waals surface area contributed by atoms with Gasteiger partial charge in [0, 0.05) is 40.4 Å². The summed E-state index contributed by atoms with van der Waals surface area (Å²) in [5.74, 6) is -3.19. The molecule has 0 radical (unpaired) electrons. The summed E-state index contributed by atoms with van der Waals surface area (Å²) in [7, 11) is 5.74. The van der Waals surface area contributed by atoms with Crippen molar-refractivity contribution >= 4 is 35.4 Å². The van der Waals surface area contributed by atoms with Gasteiger partial charge in [-0.1, -0.05) is 30.3 Å². The molecule has 3 aliphatic rings. The summed E-state index contributed by atoms with van der Waals surface area (Å²) in [5.41, 5.74) is 1.61. The van der Waals surface area contributed by atoms with E-state index in [1.54, 1.807) is 54.6 Å². The minimum absolute atomic E-state index is 0.00349. The molecule has 7 N–H and O–H groups in total. The molecule has 356 valence electrons. The molecule has 6 amide bonds. The summed E-state index contributed by atoms with van der Waals surface area (Å²) in [6.07, 6.45) is -8.18. The van der Waals surface area contributed by atoms with Gasteiger partial charge in [0.15, 0.2) is 11.5 Å². The Morgan fingerprint density at radius 2 is 1.27 bits per heavy atom. The number of methoxy groups -OCH3 is 1. The van der Waals surface area contributed by atoms with Crippen molar-refractivity contribution in [1.82, 2.24) is 30.7 Å². The summed E-state index contributed by atoms with van der Waals surface area (Å²) in [5, 5.41) is 49.3. The number of amides is 6. The van der Waals surface area contributed by atoms with E-state index in [4.69, 9.17) is 18.9 Å². The molecule has 0 unspecified atom stereocenters. The van der Waals surface area contributed by atoms with Crippen LogP contribution >= 0.6 is 0 Å². The molecule has 2 fully saturated rings. The number of fused-ring (bicyclic) bond motifs is 7. The van der Waals surface area contributed by atoms with Crippen molar-refractivity contribution in [2.75, 3.05) is 34.9 Å². The van der Waals surface area contributed by atoms with Crippen molar-refractivity contribution in [2.24, 2.45) is 0 Å². The number of aliphatic hydroxyl groups is 4. The zero-order chi connectivity index (χ0) is 48.1. The highest BCUT2D eigenvalue weighted by Crippen LogP contribution is 2.37. The van der Waals surface area contributed by atoms with E-state index in [1.807, 2.05) is 0 Å². The number of rotatable bonds is 6. The van der Waals surface area contributed by atoms with Gasteiger partial charge in [0.05, 0.1) is 13.7 Å². The Labute approximate surface area is 381 Å². The van der Waals surface area contributed by atoms with Crippen LogP contribution in [0.2, 0.25) is 0 Å². The summed E-state index contributed by atoms with van der Waals surface area (Å²) in [4.78, 5) is 89.0. The number of nitrogens with one attached hydrogen (secondary N) is 3. The summed E-state index contributed by atoms with van der Waals surface area (Å²) >= 11 is 0. The third kappa shape index (κ3) is 10.9. The monoisotopic (exact) mass is 918 g/mol. The van der Waals surface area contributed by atoms with Gasteiger partial charge in [-0.25, -0.2) is 0 Å². The van der Waals surface area contributed by atoms with E-state index in [1.165, 1.54) is 75.9 Å². The second kappa shape index (κ2) is 20.9. The van der Waals surface area contributed by atoms with Crippen LogP contribution in [0.15, 0.2) is 66.7 Å². The maximum Gasteiger partial charge on any atom is 0.246 e. The Morgan fingerprint density at radius 3 is 1.94 bits per heavy atom. The quantitative estimate of drug-likeness (QED) is 0.157. The molecule has 66 heavy (non-hydrogen) atoms. The van der Waals surface area contributed by atoms with Gasteiger partial charge in [0.1, 0.15) is 72.2 Å². The zero-order valence-corrected chi connectivity index (χ0v) is 37.7. The lowest BCUT2D eigenvalue weighted by Crippen LogP contribution is -2.61. The Hall–Kier alpha value is -6.32. The number of nitrogens with zero attached hydrogens (tertiary/aromatic N) is 3. The van der Waals surface area contributed by atoms with E-state index >= 15 is 0 Å². The van der Waals surface area contributed by atoms with Crippen LogP contribution in [0, 0.1) is 0 Å². The molecule has 3 heterocycles. The zero-order valence-electron chi connectivity index (χ0n) is 37.7. The number of ether oxygens (including phenoxy) is 4.